The summed E-state index contributed by atoms with van der Waals surface area (Å²) < 4.78 is 0. The third-order valence-corrected chi connectivity index (χ3v) is 3.67. The summed E-state index contributed by atoms with van der Waals surface area (Å²) in [6, 6.07) is 3.97. The molecule has 1 saturated carbocycles. The molecule has 94 valence electrons. The number of aliphatic hydroxyl groups is 1. The highest BCUT2D eigenvalue weighted by atomic mass is 16.3. The molecule has 0 aromatic carbocycles. The van der Waals surface area contributed by atoms with Crippen LogP contribution < -0.4 is 5.32 Å². The van der Waals surface area contributed by atoms with Crippen molar-refractivity contribution in [1.29, 1.82) is 0 Å². The molecule has 2 rings (SSSR count). The van der Waals surface area contributed by atoms with E-state index < -0.39 is 0 Å². The van der Waals surface area contributed by atoms with E-state index in [2.05, 4.69) is 29.4 Å². The number of aliphatic hydroxyl groups excluding tert-OH is 1. The van der Waals surface area contributed by atoms with Crippen LogP contribution in [-0.4, -0.2) is 28.5 Å². The third kappa shape index (κ3) is 2.75. The molecule has 1 aromatic heterocycles. The highest BCUT2D eigenvalue weighted by Gasteiger charge is 2.36. The molecule has 1 aliphatic rings. The average molecular weight is 235 g/mol. The van der Waals surface area contributed by atoms with E-state index in [1.165, 1.54) is 6.42 Å². The number of nitrogens with one attached hydrogen (secondary N) is 1. The van der Waals surface area contributed by atoms with Crippen molar-refractivity contribution in [3.05, 3.63) is 17.8 Å². The molecule has 0 amide bonds. The molecule has 0 unspecified atom stereocenters. The van der Waals surface area contributed by atoms with Crippen molar-refractivity contribution in [2.75, 3.05) is 18.5 Å². The lowest BCUT2D eigenvalue weighted by Crippen LogP contribution is -2.40. The molecule has 17 heavy (non-hydrogen) atoms. The van der Waals surface area contributed by atoms with E-state index in [1.54, 1.807) is 0 Å². The van der Waals surface area contributed by atoms with Crippen molar-refractivity contribution in [1.82, 2.24) is 10.2 Å². The largest absolute Gasteiger partial charge is 0.396 e. The van der Waals surface area contributed by atoms with Gasteiger partial charge in [0.05, 0.1) is 12.3 Å². The van der Waals surface area contributed by atoms with Crippen LogP contribution in [0.4, 0.5) is 5.82 Å². The zero-order chi connectivity index (χ0) is 12.3. The van der Waals surface area contributed by atoms with Gasteiger partial charge in [-0.05, 0) is 30.9 Å². The first-order chi connectivity index (χ1) is 8.15. The van der Waals surface area contributed by atoms with Gasteiger partial charge >= 0.3 is 0 Å². The van der Waals surface area contributed by atoms with Crippen molar-refractivity contribution in [3.8, 4) is 0 Å². The molecule has 1 heterocycles. The Morgan fingerprint density at radius 3 is 2.53 bits per heavy atom. The standard InChI is InChI=1S/C13H21N3O/c1-10(2)11-4-5-12(16-15-11)14-8-13(9-17)6-3-7-13/h4-5,10,17H,3,6-9H2,1-2H3,(H,14,16). The van der Waals surface area contributed by atoms with Crippen LogP contribution >= 0.6 is 0 Å². The Labute approximate surface area is 102 Å². The number of aromatic nitrogens is 2. The van der Waals surface area contributed by atoms with Crippen LogP contribution in [0.1, 0.15) is 44.7 Å². The van der Waals surface area contributed by atoms with Gasteiger partial charge in [-0.15, -0.1) is 5.10 Å². The van der Waals surface area contributed by atoms with E-state index in [4.69, 9.17) is 0 Å². The maximum Gasteiger partial charge on any atom is 0.148 e. The van der Waals surface area contributed by atoms with Gasteiger partial charge in [-0.1, -0.05) is 20.3 Å². The Morgan fingerprint density at radius 2 is 2.12 bits per heavy atom. The second kappa shape index (κ2) is 5.00. The summed E-state index contributed by atoms with van der Waals surface area (Å²) in [4.78, 5) is 0. The van der Waals surface area contributed by atoms with Gasteiger partial charge < -0.3 is 10.4 Å². The molecule has 4 heteroatoms. The zero-order valence-electron chi connectivity index (χ0n) is 10.6. The van der Waals surface area contributed by atoms with E-state index >= 15 is 0 Å². The Bertz CT molecular complexity index is 352. The first-order valence-electron chi connectivity index (χ1n) is 6.34. The summed E-state index contributed by atoms with van der Waals surface area (Å²) in [5.41, 5.74) is 1.09. The van der Waals surface area contributed by atoms with E-state index in [-0.39, 0.29) is 12.0 Å². The van der Waals surface area contributed by atoms with Crippen molar-refractivity contribution in [3.63, 3.8) is 0 Å². The zero-order valence-corrected chi connectivity index (χ0v) is 10.6. The Balaban J connectivity index is 1.91. The van der Waals surface area contributed by atoms with E-state index in [0.717, 1.165) is 30.9 Å². The van der Waals surface area contributed by atoms with Crippen LogP contribution in [0.2, 0.25) is 0 Å². The summed E-state index contributed by atoms with van der Waals surface area (Å²) in [5.74, 6) is 1.21. The van der Waals surface area contributed by atoms with E-state index in [0.29, 0.717) is 5.92 Å². The quantitative estimate of drug-likeness (QED) is 0.821. The Kier molecular flexibility index (Phi) is 3.62. The first-order valence-corrected chi connectivity index (χ1v) is 6.34. The number of hydrogen-bond acceptors (Lipinski definition) is 4. The number of nitrogens with zero attached hydrogens (tertiary/aromatic N) is 2. The Morgan fingerprint density at radius 1 is 1.35 bits per heavy atom. The lowest BCUT2D eigenvalue weighted by Gasteiger charge is -2.40. The van der Waals surface area contributed by atoms with Gasteiger partial charge in [0.25, 0.3) is 0 Å². The summed E-state index contributed by atoms with van der Waals surface area (Å²) in [7, 11) is 0. The molecule has 1 aromatic rings. The highest BCUT2D eigenvalue weighted by Crippen LogP contribution is 2.40. The topological polar surface area (TPSA) is 58.0 Å². The van der Waals surface area contributed by atoms with Crippen LogP contribution in [0.25, 0.3) is 0 Å². The molecule has 0 atom stereocenters. The van der Waals surface area contributed by atoms with Gasteiger partial charge in [0.2, 0.25) is 0 Å². The SMILES string of the molecule is CC(C)c1ccc(NCC2(CO)CCC2)nn1. The lowest BCUT2D eigenvalue weighted by molar-refractivity contribution is 0.0575. The normalized spacial score (nSPS) is 17.9. The minimum Gasteiger partial charge on any atom is -0.396 e. The number of anilines is 1. The van der Waals surface area contributed by atoms with Crippen LogP contribution in [-0.2, 0) is 0 Å². The molecule has 0 aliphatic heterocycles. The molecule has 1 aliphatic carbocycles. The van der Waals surface area contributed by atoms with Gasteiger partial charge in [-0.2, -0.15) is 5.10 Å². The predicted octanol–water partition coefficient (Wildman–Crippen LogP) is 2.17. The fourth-order valence-electron chi connectivity index (χ4n) is 2.09. The van der Waals surface area contributed by atoms with Gasteiger partial charge in [-0.25, -0.2) is 0 Å². The summed E-state index contributed by atoms with van der Waals surface area (Å²) in [6.45, 7) is 5.26. The Hall–Kier alpha value is -1.16. The highest BCUT2D eigenvalue weighted by molar-refractivity contribution is 5.33. The maximum absolute atomic E-state index is 9.36. The molecular weight excluding hydrogens is 214 g/mol. The number of hydrogen-bond donors (Lipinski definition) is 2. The minimum atomic E-state index is 0.0817. The summed E-state index contributed by atoms with van der Waals surface area (Å²) in [6.07, 6.45) is 3.43. The second-order valence-electron chi connectivity index (χ2n) is 5.36. The monoisotopic (exact) mass is 235 g/mol. The molecule has 0 bridgehead atoms. The van der Waals surface area contributed by atoms with Crippen LogP contribution in [0, 0.1) is 5.41 Å². The summed E-state index contributed by atoms with van der Waals surface area (Å²) >= 11 is 0. The first kappa shape index (κ1) is 12.3. The third-order valence-electron chi connectivity index (χ3n) is 3.67. The molecule has 0 radical (unpaired) electrons. The minimum absolute atomic E-state index is 0.0817. The lowest BCUT2D eigenvalue weighted by atomic mass is 9.69. The van der Waals surface area contributed by atoms with E-state index in [1.807, 2.05) is 12.1 Å². The van der Waals surface area contributed by atoms with Crippen LogP contribution in [0.15, 0.2) is 12.1 Å². The molecule has 0 saturated heterocycles. The average Bonchev–Trinajstić information content (AvgIpc) is 2.29. The van der Waals surface area contributed by atoms with Crippen molar-refractivity contribution in [2.45, 2.75) is 39.0 Å². The molecule has 1 fully saturated rings. The fraction of sp³-hybridized carbons (Fsp3) is 0.692. The maximum atomic E-state index is 9.36. The molecular formula is C13H21N3O. The second-order valence-corrected chi connectivity index (χ2v) is 5.36. The van der Waals surface area contributed by atoms with E-state index in [9.17, 15) is 5.11 Å². The van der Waals surface area contributed by atoms with Crippen molar-refractivity contribution in [2.24, 2.45) is 5.41 Å². The van der Waals surface area contributed by atoms with Crippen molar-refractivity contribution >= 4 is 5.82 Å². The van der Waals surface area contributed by atoms with Gasteiger partial charge in [0, 0.05) is 12.0 Å². The fourth-order valence-corrected chi connectivity index (χ4v) is 2.09. The molecule has 4 nitrogen and oxygen atoms in total. The smallest absolute Gasteiger partial charge is 0.148 e. The summed E-state index contributed by atoms with van der Waals surface area (Å²) in [5, 5.41) is 21.0. The van der Waals surface area contributed by atoms with Gasteiger partial charge in [0.1, 0.15) is 5.82 Å². The molecule has 0 spiro atoms. The predicted molar refractivity (Wildman–Crippen MR) is 68.0 cm³/mol. The van der Waals surface area contributed by atoms with Gasteiger partial charge in [0.15, 0.2) is 0 Å². The van der Waals surface area contributed by atoms with Gasteiger partial charge in [-0.3, -0.25) is 0 Å². The van der Waals surface area contributed by atoms with Crippen LogP contribution in [0.3, 0.4) is 0 Å². The molecule has 2 N–H and O–H groups in total. The van der Waals surface area contributed by atoms with Crippen LogP contribution in [0.5, 0.6) is 0 Å². The van der Waals surface area contributed by atoms with Crippen molar-refractivity contribution < 1.29 is 5.11 Å². The number of rotatable bonds is 5.